The third-order valence-corrected chi connectivity index (χ3v) is 4.50. The van der Waals surface area contributed by atoms with Crippen LogP contribution in [0.25, 0.3) is 0 Å². The van der Waals surface area contributed by atoms with Crippen LogP contribution in [0, 0.1) is 13.8 Å². The summed E-state index contributed by atoms with van der Waals surface area (Å²) in [6.07, 6.45) is 1.07. The molecule has 20 heavy (non-hydrogen) atoms. The predicted octanol–water partition coefficient (Wildman–Crippen LogP) is 3.55. The third-order valence-electron chi connectivity index (χ3n) is 4.50. The van der Waals surface area contributed by atoms with Gasteiger partial charge in [-0.15, -0.1) is 0 Å². The first-order chi connectivity index (χ1) is 9.34. The maximum atomic E-state index is 3.54. The summed E-state index contributed by atoms with van der Waals surface area (Å²) in [6, 6.07) is 7.32. The lowest BCUT2D eigenvalue weighted by molar-refractivity contribution is 0.0943. The van der Waals surface area contributed by atoms with Crippen molar-refractivity contribution in [3.8, 4) is 0 Å². The maximum absolute atomic E-state index is 3.54. The van der Waals surface area contributed by atoms with Crippen LogP contribution < -0.4 is 5.32 Å². The van der Waals surface area contributed by atoms with Crippen LogP contribution in [0.3, 0.4) is 0 Å². The number of rotatable bonds is 7. The average Bonchev–Trinajstić information content (AvgIpc) is 2.35. The Morgan fingerprint density at radius 1 is 1.05 bits per heavy atom. The molecule has 0 heterocycles. The second-order valence-corrected chi connectivity index (χ2v) is 6.37. The van der Waals surface area contributed by atoms with E-state index in [1.165, 1.54) is 16.7 Å². The highest BCUT2D eigenvalue weighted by molar-refractivity contribution is 5.29. The van der Waals surface area contributed by atoms with Gasteiger partial charge >= 0.3 is 0 Å². The second kappa shape index (κ2) is 7.24. The number of nitrogens with zero attached hydrogens (tertiary/aromatic N) is 1. The van der Waals surface area contributed by atoms with Crippen LogP contribution in [-0.2, 0) is 6.42 Å². The normalized spacial score (nSPS) is 13.8. The van der Waals surface area contributed by atoms with E-state index in [0.29, 0.717) is 6.04 Å². The van der Waals surface area contributed by atoms with E-state index >= 15 is 0 Å². The molecule has 0 aliphatic carbocycles. The van der Waals surface area contributed by atoms with Gasteiger partial charge in [-0.05, 0) is 59.8 Å². The maximum Gasteiger partial charge on any atom is 0.0309 e. The zero-order chi connectivity index (χ0) is 15.3. The van der Waals surface area contributed by atoms with Gasteiger partial charge in [0.15, 0.2) is 0 Å². The minimum atomic E-state index is 0.149. The lowest BCUT2D eigenvalue weighted by Crippen LogP contribution is -2.57. The average molecular weight is 276 g/mol. The molecule has 0 aliphatic rings. The molecule has 0 spiro atoms. The molecular formula is C18H32N2. The molecule has 0 radical (unpaired) electrons. The molecule has 2 nitrogen and oxygen atoms in total. The van der Waals surface area contributed by atoms with E-state index in [9.17, 15) is 0 Å². The Morgan fingerprint density at radius 3 is 1.95 bits per heavy atom. The standard InChI is InChI=1S/C18H32N2/c1-8-20(9-2)18(5,6)17(19-7)13-16-11-14(3)10-15(4)12-16/h10-12,17,19H,8-9,13H2,1-7H3. The molecule has 0 saturated heterocycles. The SMILES string of the molecule is CCN(CC)C(C)(C)C(Cc1cc(C)cc(C)c1)NC. The molecule has 1 unspecified atom stereocenters. The first-order valence-corrected chi connectivity index (χ1v) is 7.84. The van der Waals surface area contributed by atoms with E-state index in [2.05, 4.69) is 77.0 Å². The largest absolute Gasteiger partial charge is 0.315 e. The molecule has 0 saturated carbocycles. The molecule has 1 rings (SSSR count). The number of aryl methyl sites for hydroxylation is 2. The van der Waals surface area contributed by atoms with Gasteiger partial charge in [-0.3, -0.25) is 4.90 Å². The summed E-state index contributed by atoms with van der Waals surface area (Å²) in [5, 5.41) is 3.54. The van der Waals surface area contributed by atoms with Crippen molar-refractivity contribution in [1.29, 1.82) is 0 Å². The lowest BCUT2D eigenvalue weighted by atomic mass is 9.87. The monoisotopic (exact) mass is 276 g/mol. The highest BCUT2D eigenvalue weighted by atomic mass is 15.2. The molecule has 1 atom stereocenters. The fraction of sp³-hybridized carbons (Fsp3) is 0.667. The van der Waals surface area contributed by atoms with Gasteiger partial charge < -0.3 is 5.32 Å². The quantitative estimate of drug-likeness (QED) is 0.819. The van der Waals surface area contributed by atoms with Crippen molar-refractivity contribution in [2.75, 3.05) is 20.1 Å². The lowest BCUT2D eigenvalue weighted by Gasteiger charge is -2.43. The number of hydrogen-bond donors (Lipinski definition) is 1. The van der Waals surface area contributed by atoms with Gasteiger partial charge in [0.25, 0.3) is 0 Å². The van der Waals surface area contributed by atoms with Gasteiger partial charge in [-0.1, -0.05) is 43.2 Å². The predicted molar refractivity (Wildman–Crippen MR) is 89.5 cm³/mol. The summed E-state index contributed by atoms with van der Waals surface area (Å²) in [5.41, 5.74) is 4.30. The summed E-state index contributed by atoms with van der Waals surface area (Å²) in [7, 11) is 2.08. The minimum Gasteiger partial charge on any atom is -0.315 e. The second-order valence-electron chi connectivity index (χ2n) is 6.37. The van der Waals surface area contributed by atoms with E-state index in [1.54, 1.807) is 0 Å². The summed E-state index contributed by atoms with van der Waals surface area (Å²) >= 11 is 0. The Hall–Kier alpha value is -0.860. The van der Waals surface area contributed by atoms with Gasteiger partial charge in [-0.2, -0.15) is 0 Å². The minimum absolute atomic E-state index is 0.149. The number of likely N-dealkylation sites (N-methyl/N-ethyl adjacent to an activating group) is 2. The van der Waals surface area contributed by atoms with E-state index in [1.807, 2.05) is 0 Å². The Morgan fingerprint density at radius 2 is 1.55 bits per heavy atom. The van der Waals surface area contributed by atoms with Crippen LogP contribution in [0.1, 0.15) is 44.4 Å². The fourth-order valence-corrected chi connectivity index (χ4v) is 3.39. The van der Waals surface area contributed by atoms with Gasteiger partial charge in [0, 0.05) is 11.6 Å². The number of hydrogen-bond acceptors (Lipinski definition) is 2. The van der Waals surface area contributed by atoms with Crippen molar-refractivity contribution in [2.24, 2.45) is 0 Å². The molecule has 0 fully saturated rings. The molecule has 114 valence electrons. The summed E-state index contributed by atoms with van der Waals surface area (Å²) in [6.45, 7) is 15.7. The molecule has 1 aromatic rings. The van der Waals surface area contributed by atoms with Crippen molar-refractivity contribution in [3.63, 3.8) is 0 Å². The molecular weight excluding hydrogens is 244 g/mol. The molecule has 2 heteroatoms. The van der Waals surface area contributed by atoms with Crippen LogP contribution in [0.2, 0.25) is 0 Å². The van der Waals surface area contributed by atoms with Gasteiger partial charge in [0.1, 0.15) is 0 Å². The van der Waals surface area contributed by atoms with E-state index in [0.717, 1.165) is 19.5 Å². The van der Waals surface area contributed by atoms with E-state index < -0.39 is 0 Å². The summed E-state index contributed by atoms with van der Waals surface area (Å²) < 4.78 is 0. The Bertz CT molecular complexity index is 399. The highest BCUT2D eigenvalue weighted by Gasteiger charge is 2.32. The third kappa shape index (κ3) is 4.07. The van der Waals surface area contributed by atoms with E-state index in [-0.39, 0.29) is 5.54 Å². The molecule has 0 bridgehead atoms. The Kier molecular flexibility index (Phi) is 6.22. The summed E-state index contributed by atoms with van der Waals surface area (Å²) in [4.78, 5) is 2.54. The Labute approximate surface area is 125 Å². The van der Waals surface area contributed by atoms with Crippen LogP contribution in [0.5, 0.6) is 0 Å². The van der Waals surface area contributed by atoms with Crippen LogP contribution in [0.15, 0.2) is 18.2 Å². The van der Waals surface area contributed by atoms with Crippen LogP contribution in [-0.4, -0.2) is 36.6 Å². The van der Waals surface area contributed by atoms with Crippen molar-refractivity contribution < 1.29 is 0 Å². The van der Waals surface area contributed by atoms with Crippen molar-refractivity contribution in [2.45, 2.75) is 59.5 Å². The molecule has 1 N–H and O–H groups in total. The first kappa shape index (κ1) is 17.2. The highest BCUT2D eigenvalue weighted by Crippen LogP contribution is 2.22. The zero-order valence-electron chi connectivity index (χ0n) is 14.4. The van der Waals surface area contributed by atoms with Gasteiger partial charge in [0.2, 0.25) is 0 Å². The van der Waals surface area contributed by atoms with Crippen LogP contribution in [0.4, 0.5) is 0 Å². The van der Waals surface area contributed by atoms with Gasteiger partial charge in [-0.25, -0.2) is 0 Å². The van der Waals surface area contributed by atoms with Gasteiger partial charge in [0.05, 0.1) is 0 Å². The van der Waals surface area contributed by atoms with Crippen molar-refractivity contribution >= 4 is 0 Å². The van der Waals surface area contributed by atoms with Crippen molar-refractivity contribution in [3.05, 3.63) is 34.9 Å². The Balaban J connectivity index is 2.95. The van der Waals surface area contributed by atoms with Crippen LogP contribution >= 0.6 is 0 Å². The van der Waals surface area contributed by atoms with Crippen molar-refractivity contribution in [1.82, 2.24) is 10.2 Å². The molecule has 1 aromatic carbocycles. The fourth-order valence-electron chi connectivity index (χ4n) is 3.39. The molecule has 0 aromatic heterocycles. The molecule has 0 amide bonds. The summed E-state index contributed by atoms with van der Waals surface area (Å²) in [5.74, 6) is 0. The number of nitrogens with one attached hydrogen (secondary N) is 1. The topological polar surface area (TPSA) is 15.3 Å². The van der Waals surface area contributed by atoms with E-state index in [4.69, 9.17) is 0 Å². The molecule has 0 aliphatic heterocycles. The smallest absolute Gasteiger partial charge is 0.0309 e. The first-order valence-electron chi connectivity index (χ1n) is 7.84. The zero-order valence-corrected chi connectivity index (χ0v) is 14.4. The number of benzene rings is 1.